The summed E-state index contributed by atoms with van der Waals surface area (Å²) in [6.07, 6.45) is 0. The number of para-hydroxylation sites is 2. The third-order valence-corrected chi connectivity index (χ3v) is 8.62. The second kappa shape index (κ2) is 10.3. The average Bonchev–Trinajstić information content (AvgIpc) is 3.63. The van der Waals surface area contributed by atoms with Crippen molar-refractivity contribution in [3.8, 4) is 46.8 Å². The van der Waals surface area contributed by atoms with E-state index in [9.17, 15) is 21.0 Å². The molecule has 0 aliphatic carbocycles. The van der Waals surface area contributed by atoms with Gasteiger partial charge < -0.3 is 9.13 Å². The summed E-state index contributed by atoms with van der Waals surface area (Å²) in [6, 6.07) is 48.0. The minimum Gasteiger partial charge on any atom is -0.308 e. The van der Waals surface area contributed by atoms with Gasteiger partial charge in [0.05, 0.1) is 68.3 Å². The van der Waals surface area contributed by atoms with Crippen LogP contribution in [0.4, 0.5) is 0 Å². The van der Waals surface area contributed by atoms with E-state index in [0.717, 1.165) is 54.7 Å². The van der Waals surface area contributed by atoms with Gasteiger partial charge >= 0.3 is 0 Å². The van der Waals surface area contributed by atoms with Gasteiger partial charge in [-0.25, -0.2) is 0 Å². The molecular formula is C40H20N6. The number of fused-ring (bicyclic) bond motifs is 6. The lowest BCUT2D eigenvalue weighted by Gasteiger charge is -2.18. The fourth-order valence-electron chi connectivity index (χ4n) is 6.62. The Morgan fingerprint density at radius 3 is 1.35 bits per heavy atom. The zero-order chi connectivity index (χ0) is 31.4. The molecule has 0 radical (unpaired) electrons. The van der Waals surface area contributed by atoms with Crippen molar-refractivity contribution in [2.75, 3.05) is 0 Å². The van der Waals surface area contributed by atoms with E-state index in [1.54, 1.807) is 18.2 Å². The van der Waals surface area contributed by atoms with Crippen LogP contribution in [-0.4, -0.2) is 9.13 Å². The molecule has 0 saturated heterocycles. The summed E-state index contributed by atoms with van der Waals surface area (Å²) < 4.78 is 4.18. The van der Waals surface area contributed by atoms with Crippen LogP contribution in [0.2, 0.25) is 0 Å². The zero-order valence-electron chi connectivity index (χ0n) is 24.2. The van der Waals surface area contributed by atoms with Crippen molar-refractivity contribution in [2.45, 2.75) is 0 Å². The summed E-state index contributed by atoms with van der Waals surface area (Å²) in [6.45, 7) is 0. The van der Waals surface area contributed by atoms with E-state index < -0.39 is 0 Å². The standard InChI is InChI=1S/C40H20N6/c41-21-25-6-5-7-28(16-25)29-19-39(45-35-10-3-1-8-30(35)32-17-26(22-42)12-14-37(32)45)34(24-44)40(20-29)46-36-11-4-2-9-31(36)33-18-27(23-43)13-15-38(33)46/h1-20H. The monoisotopic (exact) mass is 584 g/mol. The Bertz CT molecular complexity index is 2600. The van der Waals surface area contributed by atoms with Crippen molar-refractivity contribution < 1.29 is 0 Å². The van der Waals surface area contributed by atoms with Crippen LogP contribution in [0.5, 0.6) is 0 Å². The van der Waals surface area contributed by atoms with E-state index >= 15 is 0 Å². The minimum absolute atomic E-state index is 0.458. The maximum absolute atomic E-state index is 11.0. The minimum atomic E-state index is 0.458. The van der Waals surface area contributed by atoms with Gasteiger partial charge in [0.15, 0.2) is 0 Å². The molecule has 8 rings (SSSR count). The molecule has 6 nitrogen and oxygen atoms in total. The SMILES string of the molecule is N#Cc1cccc(-c2cc(-n3c4ccccc4c4cc(C#N)ccc43)c(C#N)c(-n3c4ccccc4c4cc(C#N)ccc43)c2)c1. The first kappa shape index (κ1) is 26.5. The number of benzene rings is 6. The van der Waals surface area contributed by atoms with E-state index in [1.807, 2.05) is 103 Å². The fourth-order valence-corrected chi connectivity index (χ4v) is 6.62. The van der Waals surface area contributed by atoms with E-state index in [1.165, 1.54) is 0 Å². The maximum Gasteiger partial charge on any atom is 0.104 e. The lowest BCUT2D eigenvalue weighted by molar-refractivity contribution is 1.12. The molecule has 0 spiro atoms. The van der Waals surface area contributed by atoms with Crippen LogP contribution < -0.4 is 0 Å². The average molecular weight is 585 g/mol. The van der Waals surface area contributed by atoms with Gasteiger partial charge in [0, 0.05) is 21.5 Å². The number of hydrogen-bond acceptors (Lipinski definition) is 4. The highest BCUT2D eigenvalue weighted by molar-refractivity contribution is 6.11. The van der Waals surface area contributed by atoms with Gasteiger partial charge in [0.25, 0.3) is 0 Å². The van der Waals surface area contributed by atoms with Gasteiger partial charge in [-0.1, -0.05) is 48.5 Å². The van der Waals surface area contributed by atoms with Crippen molar-refractivity contribution in [3.05, 3.63) is 144 Å². The summed E-state index contributed by atoms with van der Waals surface area (Å²) in [5.74, 6) is 0. The predicted molar refractivity (Wildman–Crippen MR) is 179 cm³/mol. The fraction of sp³-hybridized carbons (Fsp3) is 0. The van der Waals surface area contributed by atoms with Crippen molar-refractivity contribution in [3.63, 3.8) is 0 Å². The van der Waals surface area contributed by atoms with Crippen molar-refractivity contribution in [2.24, 2.45) is 0 Å². The van der Waals surface area contributed by atoms with Crippen LogP contribution in [0.15, 0.2) is 121 Å². The van der Waals surface area contributed by atoms with Crippen LogP contribution >= 0.6 is 0 Å². The highest BCUT2D eigenvalue weighted by Crippen LogP contribution is 2.40. The van der Waals surface area contributed by atoms with Gasteiger partial charge in [-0.05, 0) is 83.9 Å². The molecule has 0 bridgehead atoms. The second-order valence-corrected chi connectivity index (χ2v) is 11.1. The van der Waals surface area contributed by atoms with E-state index in [2.05, 4.69) is 33.4 Å². The Labute approximate surface area is 263 Å². The van der Waals surface area contributed by atoms with Crippen molar-refractivity contribution in [1.29, 1.82) is 21.0 Å². The molecule has 0 aliphatic rings. The second-order valence-electron chi connectivity index (χ2n) is 11.1. The highest BCUT2D eigenvalue weighted by Gasteiger charge is 2.22. The Morgan fingerprint density at radius 1 is 0.370 bits per heavy atom. The first-order valence-electron chi connectivity index (χ1n) is 14.6. The molecule has 8 aromatic rings. The molecule has 0 unspecified atom stereocenters. The van der Waals surface area contributed by atoms with E-state index in [0.29, 0.717) is 33.6 Å². The molecule has 46 heavy (non-hydrogen) atoms. The summed E-state index contributed by atoms with van der Waals surface area (Å²) in [4.78, 5) is 0. The third kappa shape index (κ3) is 3.86. The summed E-state index contributed by atoms with van der Waals surface area (Å²) in [5.41, 5.74) is 8.66. The molecule has 0 amide bonds. The van der Waals surface area contributed by atoms with Crippen LogP contribution in [0.3, 0.4) is 0 Å². The summed E-state index contributed by atoms with van der Waals surface area (Å²) >= 11 is 0. The van der Waals surface area contributed by atoms with Crippen molar-refractivity contribution >= 4 is 43.6 Å². The quantitative estimate of drug-likeness (QED) is 0.207. The number of aromatic nitrogens is 2. The molecule has 2 heterocycles. The van der Waals surface area contributed by atoms with Crippen LogP contribution in [0.1, 0.15) is 22.3 Å². The Morgan fingerprint density at radius 2 is 0.848 bits per heavy atom. The summed E-state index contributed by atoms with van der Waals surface area (Å²) in [7, 11) is 0. The molecule has 0 atom stereocenters. The van der Waals surface area contributed by atoms with Crippen LogP contribution in [-0.2, 0) is 0 Å². The molecule has 210 valence electrons. The Hall–Kier alpha value is -7.12. The molecule has 2 aromatic heterocycles. The third-order valence-electron chi connectivity index (χ3n) is 8.62. The topological polar surface area (TPSA) is 105 Å². The Balaban J connectivity index is 1.56. The van der Waals surface area contributed by atoms with Gasteiger partial charge in [0.1, 0.15) is 11.6 Å². The van der Waals surface area contributed by atoms with Crippen LogP contribution in [0, 0.1) is 45.3 Å². The first-order valence-corrected chi connectivity index (χ1v) is 14.6. The molecule has 6 aromatic carbocycles. The van der Waals surface area contributed by atoms with Crippen molar-refractivity contribution in [1.82, 2.24) is 9.13 Å². The Kier molecular flexibility index (Phi) is 5.91. The smallest absolute Gasteiger partial charge is 0.104 e. The molecule has 0 aliphatic heterocycles. The van der Waals surface area contributed by atoms with E-state index in [4.69, 9.17) is 0 Å². The lowest BCUT2D eigenvalue weighted by atomic mass is 9.98. The van der Waals surface area contributed by atoms with Gasteiger partial charge in [-0.15, -0.1) is 0 Å². The molecule has 0 saturated carbocycles. The first-order chi connectivity index (χ1) is 22.6. The normalized spacial score (nSPS) is 11.0. The number of hydrogen-bond donors (Lipinski definition) is 0. The number of rotatable bonds is 3. The molecule has 0 N–H and O–H groups in total. The van der Waals surface area contributed by atoms with Crippen LogP contribution in [0.25, 0.3) is 66.1 Å². The molecule has 6 heteroatoms. The largest absolute Gasteiger partial charge is 0.308 e. The predicted octanol–water partition coefficient (Wildman–Crippen LogP) is 9.03. The van der Waals surface area contributed by atoms with Gasteiger partial charge in [-0.2, -0.15) is 21.0 Å². The zero-order valence-corrected chi connectivity index (χ0v) is 24.2. The molecule has 0 fully saturated rings. The van der Waals surface area contributed by atoms with Gasteiger partial charge in [-0.3, -0.25) is 0 Å². The number of nitriles is 4. The highest BCUT2D eigenvalue weighted by atomic mass is 15.0. The maximum atomic E-state index is 11.0. The van der Waals surface area contributed by atoms with Gasteiger partial charge in [0.2, 0.25) is 0 Å². The van der Waals surface area contributed by atoms with E-state index in [-0.39, 0.29) is 0 Å². The summed E-state index contributed by atoms with van der Waals surface area (Å²) in [5, 5.41) is 43.8. The lowest BCUT2D eigenvalue weighted by Crippen LogP contribution is -2.05. The molecular weight excluding hydrogens is 564 g/mol. The number of nitrogens with zero attached hydrogens (tertiary/aromatic N) is 6.